The van der Waals surface area contributed by atoms with Crippen molar-refractivity contribution in [2.24, 2.45) is 29.6 Å². The summed E-state index contributed by atoms with van der Waals surface area (Å²) in [7, 11) is 0. The van der Waals surface area contributed by atoms with Crippen LogP contribution in [-0.2, 0) is 0 Å². The Balaban J connectivity index is 1.40. The van der Waals surface area contributed by atoms with Crippen LogP contribution in [0.1, 0.15) is 103 Å². The SMILES string of the molecule is [CH]1CCC(C2CCCC(C3CCCCC3[C]3CCCC3)C2)CC1. The van der Waals surface area contributed by atoms with Crippen molar-refractivity contribution in [2.75, 3.05) is 0 Å². The lowest BCUT2D eigenvalue weighted by molar-refractivity contribution is 0.0842. The third-order valence-electron chi connectivity index (χ3n) is 8.10. The van der Waals surface area contributed by atoms with Gasteiger partial charge < -0.3 is 0 Å². The van der Waals surface area contributed by atoms with Crippen LogP contribution in [0.4, 0.5) is 0 Å². The first-order valence-electron chi connectivity index (χ1n) is 11.1. The molecule has 2 radical (unpaired) electrons. The van der Waals surface area contributed by atoms with Crippen LogP contribution >= 0.6 is 0 Å². The Kier molecular flexibility index (Phi) is 5.67. The minimum atomic E-state index is 1.05. The first kappa shape index (κ1) is 16.5. The van der Waals surface area contributed by atoms with Gasteiger partial charge in [-0.1, -0.05) is 44.9 Å². The molecule has 4 fully saturated rings. The standard InChI is InChI=1S/C23H38/c1-2-9-18(10-3-1)20-13-8-14-21(17-20)23-16-7-6-15-22(23)19-11-4-5-12-19/h1,18,20-23H,2-17H2. The van der Waals surface area contributed by atoms with Gasteiger partial charge in [0.25, 0.3) is 0 Å². The zero-order valence-corrected chi connectivity index (χ0v) is 15.3. The van der Waals surface area contributed by atoms with Gasteiger partial charge in [0.1, 0.15) is 0 Å². The molecule has 4 saturated carbocycles. The van der Waals surface area contributed by atoms with Gasteiger partial charge in [-0.25, -0.2) is 0 Å². The molecule has 0 saturated heterocycles. The molecule has 4 atom stereocenters. The lowest BCUT2D eigenvalue weighted by Gasteiger charge is -2.45. The highest BCUT2D eigenvalue weighted by Crippen LogP contribution is 2.51. The molecule has 0 amide bonds. The summed E-state index contributed by atoms with van der Waals surface area (Å²) in [6.07, 6.45) is 26.9. The smallest absolute Gasteiger partial charge is 0.0207 e. The molecule has 0 aromatic carbocycles. The number of hydrogen-bond acceptors (Lipinski definition) is 0. The summed E-state index contributed by atoms with van der Waals surface area (Å²) < 4.78 is 0. The largest absolute Gasteiger partial charge is 0.0530 e. The van der Waals surface area contributed by atoms with E-state index in [1.807, 2.05) is 5.92 Å². The van der Waals surface area contributed by atoms with Gasteiger partial charge in [0.15, 0.2) is 0 Å². The second-order valence-electron chi connectivity index (χ2n) is 9.31. The molecule has 0 heterocycles. The van der Waals surface area contributed by atoms with Gasteiger partial charge in [0.05, 0.1) is 0 Å². The van der Waals surface area contributed by atoms with E-state index in [0.29, 0.717) is 0 Å². The Morgan fingerprint density at radius 2 is 1.35 bits per heavy atom. The third-order valence-corrected chi connectivity index (χ3v) is 8.10. The minimum absolute atomic E-state index is 1.05. The van der Waals surface area contributed by atoms with E-state index < -0.39 is 0 Å². The molecule has 0 aliphatic heterocycles. The molecule has 0 aromatic rings. The lowest BCUT2D eigenvalue weighted by Crippen LogP contribution is -2.35. The second kappa shape index (κ2) is 7.92. The molecule has 4 aliphatic carbocycles. The predicted molar refractivity (Wildman–Crippen MR) is 98.9 cm³/mol. The van der Waals surface area contributed by atoms with E-state index in [1.165, 1.54) is 64.2 Å². The van der Waals surface area contributed by atoms with E-state index in [4.69, 9.17) is 0 Å². The van der Waals surface area contributed by atoms with Crippen molar-refractivity contribution >= 4 is 0 Å². The van der Waals surface area contributed by atoms with Crippen LogP contribution in [0.15, 0.2) is 0 Å². The third kappa shape index (κ3) is 3.82. The molecule has 4 aliphatic rings. The van der Waals surface area contributed by atoms with E-state index in [2.05, 4.69) is 6.42 Å². The molecule has 0 bridgehead atoms. The molecule has 4 unspecified atom stereocenters. The molecule has 23 heavy (non-hydrogen) atoms. The first-order chi connectivity index (χ1) is 11.4. The van der Waals surface area contributed by atoms with Gasteiger partial charge in [-0.05, 0) is 99.7 Å². The summed E-state index contributed by atoms with van der Waals surface area (Å²) in [5.74, 6) is 7.44. The Morgan fingerprint density at radius 1 is 0.609 bits per heavy atom. The van der Waals surface area contributed by atoms with Crippen LogP contribution in [0, 0.1) is 41.9 Å². The molecular formula is C23H38. The van der Waals surface area contributed by atoms with Crippen LogP contribution in [-0.4, -0.2) is 0 Å². The molecule has 0 spiro atoms. The summed E-state index contributed by atoms with van der Waals surface area (Å²) >= 11 is 0. The summed E-state index contributed by atoms with van der Waals surface area (Å²) in [6.45, 7) is 0. The van der Waals surface area contributed by atoms with Crippen LogP contribution in [0.3, 0.4) is 0 Å². The summed E-state index contributed by atoms with van der Waals surface area (Å²) in [5.41, 5.74) is 0. The molecule has 0 N–H and O–H groups in total. The Morgan fingerprint density at radius 3 is 2.17 bits per heavy atom. The maximum Gasteiger partial charge on any atom is -0.0207 e. The van der Waals surface area contributed by atoms with E-state index in [-0.39, 0.29) is 0 Å². The topological polar surface area (TPSA) is 0 Å². The van der Waals surface area contributed by atoms with Crippen molar-refractivity contribution in [1.29, 1.82) is 0 Å². The highest BCUT2D eigenvalue weighted by Gasteiger charge is 2.40. The van der Waals surface area contributed by atoms with Gasteiger partial charge in [-0.15, -0.1) is 0 Å². The van der Waals surface area contributed by atoms with Crippen molar-refractivity contribution in [3.63, 3.8) is 0 Å². The van der Waals surface area contributed by atoms with Crippen molar-refractivity contribution in [2.45, 2.75) is 103 Å². The fourth-order valence-corrected chi connectivity index (χ4v) is 6.94. The van der Waals surface area contributed by atoms with E-state index in [0.717, 1.165) is 29.6 Å². The van der Waals surface area contributed by atoms with Gasteiger partial charge in [-0.3, -0.25) is 0 Å². The van der Waals surface area contributed by atoms with Crippen molar-refractivity contribution < 1.29 is 0 Å². The monoisotopic (exact) mass is 314 g/mol. The summed E-state index contributed by atoms with van der Waals surface area (Å²) in [5, 5.41) is 0. The normalized spacial score (nSPS) is 41.2. The Bertz CT molecular complexity index is 347. The first-order valence-corrected chi connectivity index (χ1v) is 11.1. The van der Waals surface area contributed by atoms with Crippen molar-refractivity contribution in [3.05, 3.63) is 12.3 Å². The second-order valence-corrected chi connectivity index (χ2v) is 9.31. The van der Waals surface area contributed by atoms with E-state index in [9.17, 15) is 0 Å². The average Bonchev–Trinajstić information content (AvgIpc) is 3.17. The van der Waals surface area contributed by atoms with E-state index >= 15 is 0 Å². The fourth-order valence-electron chi connectivity index (χ4n) is 6.94. The number of rotatable bonds is 3. The van der Waals surface area contributed by atoms with E-state index in [1.54, 1.807) is 38.5 Å². The van der Waals surface area contributed by atoms with Crippen LogP contribution in [0.2, 0.25) is 0 Å². The molecule has 130 valence electrons. The van der Waals surface area contributed by atoms with Gasteiger partial charge >= 0.3 is 0 Å². The van der Waals surface area contributed by atoms with Crippen molar-refractivity contribution in [3.8, 4) is 0 Å². The predicted octanol–water partition coefficient (Wildman–Crippen LogP) is 7.14. The molecular weight excluding hydrogens is 276 g/mol. The molecule has 0 heteroatoms. The molecule has 4 rings (SSSR count). The quantitative estimate of drug-likeness (QED) is 0.519. The maximum absolute atomic E-state index is 2.55. The van der Waals surface area contributed by atoms with Gasteiger partial charge in [-0.2, -0.15) is 0 Å². The Hall–Kier alpha value is 0. The van der Waals surface area contributed by atoms with Crippen molar-refractivity contribution in [1.82, 2.24) is 0 Å². The highest BCUT2D eigenvalue weighted by molar-refractivity contribution is 5.05. The van der Waals surface area contributed by atoms with Crippen LogP contribution in [0.25, 0.3) is 0 Å². The van der Waals surface area contributed by atoms with Crippen LogP contribution in [0.5, 0.6) is 0 Å². The summed E-state index contributed by atoms with van der Waals surface area (Å²) in [4.78, 5) is 0. The fraction of sp³-hybridized carbons (Fsp3) is 0.913. The highest BCUT2D eigenvalue weighted by atomic mass is 14.5. The zero-order valence-electron chi connectivity index (χ0n) is 15.3. The summed E-state index contributed by atoms with van der Waals surface area (Å²) in [6, 6.07) is 0. The zero-order chi connectivity index (χ0) is 15.5. The molecule has 0 aromatic heterocycles. The number of hydrogen-bond donors (Lipinski definition) is 0. The minimum Gasteiger partial charge on any atom is -0.0530 e. The lowest BCUT2D eigenvalue weighted by atomic mass is 9.60. The average molecular weight is 315 g/mol. The molecule has 0 nitrogen and oxygen atoms in total. The van der Waals surface area contributed by atoms with Gasteiger partial charge in [0.2, 0.25) is 0 Å². The van der Waals surface area contributed by atoms with Gasteiger partial charge in [0, 0.05) is 0 Å². The Labute approximate surface area is 145 Å². The van der Waals surface area contributed by atoms with Crippen LogP contribution < -0.4 is 0 Å². The maximum atomic E-state index is 2.55.